The molecule has 0 fully saturated rings. The van der Waals surface area contributed by atoms with Crippen LogP contribution in [0.5, 0.6) is 5.75 Å². The molecule has 1 aromatic rings. The molecule has 0 radical (unpaired) electrons. The number of rotatable bonds is 5. The Kier molecular flexibility index (Phi) is 5.37. The van der Waals surface area contributed by atoms with E-state index in [1.54, 1.807) is 0 Å². The average molecular weight is 327 g/mol. The van der Waals surface area contributed by atoms with Gasteiger partial charge in [-0.2, -0.15) is 27.2 Å². The third-order valence-corrected chi connectivity index (χ3v) is 2.90. The minimum atomic E-state index is -4.77. The zero-order valence-corrected chi connectivity index (χ0v) is 10.8. The van der Waals surface area contributed by atoms with Crippen molar-refractivity contribution in [3.8, 4) is 11.8 Å². The van der Waals surface area contributed by atoms with Crippen LogP contribution in [-0.4, -0.2) is 23.2 Å². The second-order valence-corrected chi connectivity index (χ2v) is 4.66. The number of halogens is 5. The lowest BCUT2D eigenvalue weighted by atomic mass is 10.0. The number of nitrogens with zero attached hydrogens (tertiary/aromatic N) is 1. The smallest absolute Gasteiger partial charge is 0.446 e. The molecule has 0 aliphatic carbocycles. The summed E-state index contributed by atoms with van der Waals surface area (Å²) in [5, 5.41) is 17.5. The highest BCUT2D eigenvalue weighted by molar-refractivity contribution is 8.00. The largest absolute Gasteiger partial charge is 0.481 e. The molecule has 0 aromatic heterocycles. The molecular weight excluding hydrogens is 321 g/mol. The number of benzene rings is 1. The molecule has 0 amide bonds. The molecular formula is C11H6F5NO3S. The van der Waals surface area contributed by atoms with Crippen molar-refractivity contribution in [3.63, 3.8) is 0 Å². The number of hydrogen-bond donors (Lipinski definition) is 1. The van der Waals surface area contributed by atoms with Crippen molar-refractivity contribution in [3.05, 3.63) is 23.3 Å². The molecule has 0 unspecified atom stereocenters. The first kappa shape index (κ1) is 17.0. The van der Waals surface area contributed by atoms with Gasteiger partial charge in [0.2, 0.25) is 0 Å². The van der Waals surface area contributed by atoms with Crippen LogP contribution in [0.25, 0.3) is 0 Å². The van der Waals surface area contributed by atoms with E-state index in [1.165, 1.54) is 6.07 Å². The van der Waals surface area contributed by atoms with Gasteiger partial charge in [-0.1, -0.05) is 0 Å². The number of carbonyl (C=O) groups is 1. The highest BCUT2D eigenvalue weighted by Gasteiger charge is 2.32. The molecule has 21 heavy (non-hydrogen) atoms. The van der Waals surface area contributed by atoms with E-state index in [0.717, 1.165) is 6.07 Å². The molecule has 0 aliphatic rings. The number of alkyl halides is 5. The van der Waals surface area contributed by atoms with Gasteiger partial charge in [0.1, 0.15) is 5.75 Å². The Labute approximate surface area is 119 Å². The Morgan fingerprint density at radius 3 is 2.48 bits per heavy atom. The molecule has 1 aromatic carbocycles. The summed E-state index contributed by atoms with van der Waals surface area (Å²) in [7, 11) is 0. The molecule has 0 spiro atoms. The Morgan fingerprint density at radius 1 is 1.43 bits per heavy atom. The van der Waals surface area contributed by atoms with Crippen molar-refractivity contribution in [1.82, 2.24) is 0 Å². The normalized spacial score (nSPS) is 11.3. The number of hydrogen-bond acceptors (Lipinski definition) is 4. The van der Waals surface area contributed by atoms with E-state index < -0.39 is 58.0 Å². The van der Waals surface area contributed by atoms with Gasteiger partial charge in [0.25, 0.3) is 0 Å². The maximum absolute atomic E-state index is 12.4. The van der Waals surface area contributed by atoms with Crippen LogP contribution in [0.2, 0.25) is 0 Å². The van der Waals surface area contributed by atoms with Crippen LogP contribution in [0.4, 0.5) is 22.0 Å². The van der Waals surface area contributed by atoms with Crippen LogP contribution < -0.4 is 4.74 Å². The summed E-state index contributed by atoms with van der Waals surface area (Å²) in [4.78, 5) is 10.00. The molecule has 0 bridgehead atoms. The molecule has 10 heteroatoms. The first-order chi connectivity index (χ1) is 9.62. The zero-order chi connectivity index (χ0) is 16.2. The van der Waals surface area contributed by atoms with Gasteiger partial charge in [-0.25, -0.2) is 0 Å². The minimum absolute atomic E-state index is 0.408. The first-order valence-corrected chi connectivity index (χ1v) is 5.93. The van der Waals surface area contributed by atoms with Gasteiger partial charge in [0.05, 0.1) is 18.1 Å². The highest BCUT2D eigenvalue weighted by atomic mass is 32.2. The minimum Gasteiger partial charge on any atom is -0.481 e. The average Bonchev–Trinajstić information content (AvgIpc) is 2.28. The monoisotopic (exact) mass is 327 g/mol. The fourth-order valence-corrected chi connectivity index (χ4v) is 2.17. The van der Waals surface area contributed by atoms with E-state index in [1.807, 2.05) is 0 Å². The molecule has 114 valence electrons. The second kappa shape index (κ2) is 6.62. The molecule has 0 saturated carbocycles. The number of thioether (sulfide) groups is 1. The number of ether oxygens (including phenoxy) is 1. The van der Waals surface area contributed by atoms with E-state index in [9.17, 15) is 26.7 Å². The summed E-state index contributed by atoms with van der Waals surface area (Å²) in [5.41, 5.74) is -5.65. The van der Waals surface area contributed by atoms with Crippen LogP contribution in [0.1, 0.15) is 11.1 Å². The summed E-state index contributed by atoms with van der Waals surface area (Å²) in [5.74, 6) is -2.11. The molecule has 0 aliphatic heterocycles. The SMILES string of the molecule is N#Cc1cc(OC(F)F)cc(SC(F)(F)F)c1CC(=O)O. The molecule has 0 saturated heterocycles. The lowest BCUT2D eigenvalue weighted by Gasteiger charge is -2.14. The van der Waals surface area contributed by atoms with Crippen LogP contribution in [0.15, 0.2) is 17.0 Å². The van der Waals surface area contributed by atoms with Crippen molar-refractivity contribution in [1.29, 1.82) is 5.26 Å². The summed E-state index contributed by atoms with van der Waals surface area (Å²) < 4.78 is 65.5. The van der Waals surface area contributed by atoms with E-state index in [-0.39, 0.29) is 0 Å². The van der Waals surface area contributed by atoms with Crippen molar-refractivity contribution >= 4 is 17.7 Å². The van der Waals surface area contributed by atoms with Gasteiger partial charge in [0.15, 0.2) is 0 Å². The lowest BCUT2D eigenvalue weighted by Crippen LogP contribution is -2.09. The predicted octanol–water partition coefficient (Wildman–Crippen LogP) is 3.40. The summed E-state index contributed by atoms with van der Waals surface area (Å²) in [6, 6.07) is 2.87. The fraction of sp³-hybridized carbons (Fsp3) is 0.273. The maximum Gasteiger partial charge on any atom is 0.446 e. The molecule has 1 rings (SSSR count). The first-order valence-electron chi connectivity index (χ1n) is 5.11. The van der Waals surface area contributed by atoms with E-state index in [2.05, 4.69) is 4.74 Å². The van der Waals surface area contributed by atoms with E-state index >= 15 is 0 Å². The third kappa shape index (κ3) is 5.47. The van der Waals surface area contributed by atoms with Crippen LogP contribution >= 0.6 is 11.8 Å². The number of nitriles is 1. The van der Waals surface area contributed by atoms with E-state index in [4.69, 9.17) is 10.4 Å². The van der Waals surface area contributed by atoms with Gasteiger partial charge >= 0.3 is 18.1 Å². The summed E-state index contributed by atoms with van der Waals surface area (Å²) in [6.07, 6.45) is -0.851. The Bertz CT molecular complexity index is 582. The summed E-state index contributed by atoms with van der Waals surface area (Å²) in [6.45, 7) is -3.29. The van der Waals surface area contributed by atoms with Crippen molar-refractivity contribution in [2.24, 2.45) is 0 Å². The van der Waals surface area contributed by atoms with Gasteiger partial charge in [0, 0.05) is 4.90 Å². The van der Waals surface area contributed by atoms with Gasteiger partial charge in [-0.05, 0) is 29.5 Å². The zero-order valence-electron chi connectivity index (χ0n) is 9.95. The topological polar surface area (TPSA) is 70.3 Å². The van der Waals surface area contributed by atoms with Gasteiger partial charge < -0.3 is 9.84 Å². The molecule has 0 heterocycles. The van der Waals surface area contributed by atoms with Gasteiger partial charge in [-0.15, -0.1) is 0 Å². The van der Waals surface area contributed by atoms with Gasteiger partial charge in [-0.3, -0.25) is 4.79 Å². The predicted molar refractivity (Wildman–Crippen MR) is 61.0 cm³/mol. The van der Waals surface area contributed by atoms with Crippen LogP contribution in [0.3, 0.4) is 0 Å². The third-order valence-electron chi connectivity index (χ3n) is 2.08. The fourth-order valence-electron chi connectivity index (χ4n) is 1.44. The second-order valence-electron chi connectivity index (χ2n) is 3.56. The molecule has 0 atom stereocenters. The quantitative estimate of drug-likeness (QED) is 0.663. The Balaban J connectivity index is 3.37. The Morgan fingerprint density at radius 2 is 2.05 bits per heavy atom. The maximum atomic E-state index is 12.4. The molecule has 1 N–H and O–H groups in total. The lowest BCUT2D eigenvalue weighted by molar-refractivity contribution is -0.136. The van der Waals surface area contributed by atoms with Crippen molar-refractivity contribution in [2.45, 2.75) is 23.4 Å². The Hall–Kier alpha value is -2.02. The van der Waals surface area contributed by atoms with E-state index in [0.29, 0.717) is 6.07 Å². The van der Waals surface area contributed by atoms with Crippen LogP contribution in [-0.2, 0) is 11.2 Å². The van der Waals surface area contributed by atoms with Crippen molar-refractivity contribution < 1.29 is 36.6 Å². The summed E-state index contributed by atoms with van der Waals surface area (Å²) >= 11 is -0.699. The number of aliphatic carboxylic acids is 1. The number of carboxylic acid groups (broad SMARTS) is 1. The van der Waals surface area contributed by atoms with Crippen molar-refractivity contribution in [2.75, 3.05) is 0 Å². The highest BCUT2D eigenvalue weighted by Crippen LogP contribution is 2.41. The number of carboxylic acids is 1. The van der Waals surface area contributed by atoms with Crippen LogP contribution in [0, 0.1) is 11.3 Å². The standard InChI is InChI=1S/C11H6F5NO3S/c12-10(13)20-6-1-5(4-17)7(3-9(18)19)8(2-6)21-11(14,15)16/h1-2,10H,3H2,(H,18,19). The molecule has 4 nitrogen and oxygen atoms in total.